The van der Waals surface area contributed by atoms with Crippen molar-refractivity contribution >= 4 is 5.97 Å². The molecule has 2 saturated heterocycles. The van der Waals surface area contributed by atoms with E-state index in [1.807, 2.05) is 0 Å². The molecule has 0 amide bonds. The minimum Gasteiger partial charge on any atom is -0.460 e. The zero-order chi connectivity index (χ0) is 12.3. The predicted molar refractivity (Wildman–Crippen MR) is 63.0 cm³/mol. The Morgan fingerprint density at radius 3 is 2.89 bits per heavy atom. The first-order valence-corrected chi connectivity index (χ1v) is 7.24. The maximum absolute atomic E-state index is 12.4. The van der Waals surface area contributed by atoms with Gasteiger partial charge in [-0.15, -0.1) is 0 Å². The number of epoxide rings is 2. The van der Waals surface area contributed by atoms with Crippen LogP contribution in [0, 0.1) is 5.92 Å². The van der Waals surface area contributed by atoms with Crippen molar-refractivity contribution in [3.63, 3.8) is 0 Å². The van der Waals surface area contributed by atoms with Crippen LogP contribution >= 0.6 is 0 Å². The average Bonchev–Trinajstić information content (AvgIpc) is 3.22. The highest BCUT2D eigenvalue weighted by atomic mass is 16.7. The second-order valence-electron chi connectivity index (χ2n) is 6.28. The highest BCUT2D eigenvalue weighted by Crippen LogP contribution is 2.52. The van der Waals surface area contributed by atoms with Gasteiger partial charge in [-0.3, -0.25) is 0 Å². The summed E-state index contributed by atoms with van der Waals surface area (Å²) in [4.78, 5) is 12.4. The molecule has 0 aromatic heterocycles. The molecule has 2 heterocycles. The van der Waals surface area contributed by atoms with Crippen molar-refractivity contribution in [1.29, 1.82) is 0 Å². The number of hydrogen-bond donors (Lipinski definition) is 0. The van der Waals surface area contributed by atoms with E-state index in [2.05, 4.69) is 6.92 Å². The second kappa shape index (κ2) is 3.70. The normalized spacial score (nSPS) is 53.1. The summed E-state index contributed by atoms with van der Waals surface area (Å²) < 4.78 is 16.9. The summed E-state index contributed by atoms with van der Waals surface area (Å²) in [5, 5.41) is 0. The number of esters is 1. The van der Waals surface area contributed by atoms with E-state index in [1.165, 1.54) is 6.42 Å². The molecular weight excluding hydrogens is 232 g/mol. The SMILES string of the molecule is CC1CCCC2OC12C(=O)OC1CCC2OC2C1. The second-order valence-corrected chi connectivity index (χ2v) is 6.28. The van der Waals surface area contributed by atoms with Gasteiger partial charge in [-0.05, 0) is 31.6 Å². The fraction of sp³-hybridized carbons (Fsp3) is 0.929. The molecule has 0 bridgehead atoms. The lowest BCUT2D eigenvalue weighted by atomic mass is 9.80. The predicted octanol–water partition coefficient (Wildman–Crippen LogP) is 1.81. The number of fused-ring (bicyclic) bond motifs is 2. The maximum Gasteiger partial charge on any atom is 0.341 e. The van der Waals surface area contributed by atoms with Crippen LogP contribution in [0.1, 0.15) is 45.4 Å². The molecule has 4 aliphatic rings. The molecule has 4 nitrogen and oxygen atoms in total. The van der Waals surface area contributed by atoms with E-state index in [4.69, 9.17) is 14.2 Å². The van der Waals surface area contributed by atoms with E-state index < -0.39 is 5.60 Å². The van der Waals surface area contributed by atoms with Crippen LogP contribution in [0.25, 0.3) is 0 Å². The number of ether oxygens (including phenoxy) is 3. The zero-order valence-corrected chi connectivity index (χ0v) is 10.8. The van der Waals surface area contributed by atoms with Gasteiger partial charge >= 0.3 is 5.97 Å². The quantitative estimate of drug-likeness (QED) is 0.555. The fourth-order valence-electron chi connectivity index (χ4n) is 3.83. The Morgan fingerprint density at radius 1 is 1.22 bits per heavy atom. The van der Waals surface area contributed by atoms with Gasteiger partial charge in [0.05, 0.1) is 18.3 Å². The first-order chi connectivity index (χ1) is 8.70. The Balaban J connectivity index is 1.41. The zero-order valence-electron chi connectivity index (χ0n) is 10.8. The first kappa shape index (κ1) is 11.2. The van der Waals surface area contributed by atoms with Crippen LogP contribution in [0.15, 0.2) is 0 Å². The van der Waals surface area contributed by atoms with E-state index in [1.54, 1.807) is 0 Å². The molecule has 2 aliphatic carbocycles. The van der Waals surface area contributed by atoms with Crippen LogP contribution in [0.3, 0.4) is 0 Å². The van der Waals surface area contributed by atoms with Crippen LogP contribution < -0.4 is 0 Å². The Hall–Kier alpha value is -0.610. The Morgan fingerprint density at radius 2 is 2.11 bits per heavy atom. The molecule has 4 heteroatoms. The van der Waals surface area contributed by atoms with Gasteiger partial charge in [0.1, 0.15) is 6.10 Å². The van der Waals surface area contributed by atoms with Crippen LogP contribution in [-0.2, 0) is 19.0 Å². The van der Waals surface area contributed by atoms with Crippen molar-refractivity contribution in [2.45, 2.75) is 75.5 Å². The number of carbonyl (C=O) groups excluding carboxylic acids is 1. The highest BCUT2D eigenvalue weighted by molar-refractivity contribution is 5.84. The Labute approximate surface area is 107 Å². The molecule has 0 N–H and O–H groups in total. The summed E-state index contributed by atoms with van der Waals surface area (Å²) in [6.45, 7) is 2.11. The van der Waals surface area contributed by atoms with Crippen LogP contribution in [0.5, 0.6) is 0 Å². The minimum absolute atomic E-state index is 0.0506. The molecule has 18 heavy (non-hydrogen) atoms. The van der Waals surface area contributed by atoms with Crippen molar-refractivity contribution in [3.8, 4) is 0 Å². The van der Waals surface area contributed by atoms with Gasteiger partial charge in [-0.2, -0.15) is 0 Å². The van der Waals surface area contributed by atoms with Crippen molar-refractivity contribution in [3.05, 3.63) is 0 Å². The van der Waals surface area contributed by atoms with Crippen molar-refractivity contribution in [2.75, 3.05) is 0 Å². The number of rotatable bonds is 2. The van der Waals surface area contributed by atoms with Crippen LogP contribution in [-0.4, -0.2) is 36.0 Å². The molecule has 6 atom stereocenters. The number of carbonyl (C=O) groups is 1. The van der Waals surface area contributed by atoms with Gasteiger partial charge in [0.15, 0.2) is 5.60 Å². The Kier molecular flexibility index (Phi) is 2.31. The molecule has 0 radical (unpaired) electrons. The lowest BCUT2D eigenvalue weighted by molar-refractivity contribution is -0.159. The molecule has 0 aromatic rings. The Bertz CT molecular complexity index is 382. The van der Waals surface area contributed by atoms with Gasteiger partial charge in [0.2, 0.25) is 0 Å². The average molecular weight is 252 g/mol. The van der Waals surface area contributed by atoms with Gasteiger partial charge in [0.25, 0.3) is 0 Å². The standard InChI is InChI=1S/C14H20O4/c1-8-3-2-4-12-14(8,18-12)13(15)16-9-5-6-10-11(7-9)17-10/h8-12H,2-7H2,1H3. The largest absolute Gasteiger partial charge is 0.460 e. The van der Waals surface area contributed by atoms with E-state index in [-0.39, 0.29) is 18.2 Å². The lowest BCUT2D eigenvalue weighted by Crippen LogP contribution is -2.41. The highest BCUT2D eigenvalue weighted by Gasteiger charge is 2.68. The first-order valence-electron chi connectivity index (χ1n) is 7.24. The molecule has 4 fully saturated rings. The maximum atomic E-state index is 12.4. The summed E-state index contributed by atoms with van der Waals surface area (Å²) in [6, 6.07) is 0. The fourth-order valence-corrected chi connectivity index (χ4v) is 3.83. The van der Waals surface area contributed by atoms with Gasteiger partial charge in [-0.1, -0.05) is 13.3 Å². The van der Waals surface area contributed by atoms with Crippen LogP contribution in [0.4, 0.5) is 0 Å². The van der Waals surface area contributed by atoms with Gasteiger partial charge < -0.3 is 14.2 Å². The summed E-state index contributed by atoms with van der Waals surface area (Å²) in [5.41, 5.74) is -0.584. The smallest absolute Gasteiger partial charge is 0.341 e. The third-order valence-electron chi connectivity index (χ3n) is 5.14. The van der Waals surface area contributed by atoms with E-state index in [0.717, 1.165) is 32.1 Å². The van der Waals surface area contributed by atoms with Gasteiger partial charge in [-0.25, -0.2) is 4.79 Å². The monoisotopic (exact) mass is 252 g/mol. The summed E-state index contributed by atoms with van der Waals surface area (Å²) in [7, 11) is 0. The number of hydrogen-bond acceptors (Lipinski definition) is 4. The molecule has 2 saturated carbocycles. The molecule has 2 aliphatic heterocycles. The molecule has 4 rings (SSSR count). The van der Waals surface area contributed by atoms with E-state index >= 15 is 0 Å². The van der Waals surface area contributed by atoms with E-state index in [0.29, 0.717) is 18.1 Å². The molecule has 100 valence electrons. The molecule has 6 unspecified atom stereocenters. The lowest BCUT2D eigenvalue weighted by Gasteiger charge is -2.26. The van der Waals surface area contributed by atoms with Crippen molar-refractivity contribution in [2.24, 2.45) is 5.92 Å². The minimum atomic E-state index is -0.584. The summed E-state index contributed by atoms with van der Waals surface area (Å²) in [5.74, 6) is 0.195. The summed E-state index contributed by atoms with van der Waals surface area (Å²) in [6.07, 6.45) is 7.11. The summed E-state index contributed by atoms with van der Waals surface area (Å²) >= 11 is 0. The molecular formula is C14H20O4. The third kappa shape index (κ3) is 1.55. The van der Waals surface area contributed by atoms with Crippen LogP contribution in [0.2, 0.25) is 0 Å². The third-order valence-corrected chi connectivity index (χ3v) is 5.14. The van der Waals surface area contributed by atoms with E-state index in [9.17, 15) is 4.79 Å². The van der Waals surface area contributed by atoms with Crippen molar-refractivity contribution < 1.29 is 19.0 Å². The topological polar surface area (TPSA) is 51.4 Å². The van der Waals surface area contributed by atoms with Gasteiger partial charge in [0, 0.05) is 6.42 Å². The van der Waals surface area contributed by atoms with Crippen molar-refractivity contribution in [1.82, 2.24) is 0 Å². The molecule has 0 spiro atoms. The molecule has 0 aromatic carbocycles.